The molecule has 1 aromatic carbocycles. The van der Waals surface area contributed by atoms with Crippen LogP contribution in [0.25, 0.3) is 0 Å². The fourth-order valence-electron chi connectivity index (χ4n) is 3.45. The minimum atomic E-state index is -0.881. The van der Waals surface area contributed by atoms with Crippen LogP contribution in [0.2, 0.25) is 5.02 Å². The number of halogens is 1. The first-order valence-electron chi connectivity index (χ1n) is 8.92. The first-order chi connectivity index (χ1) is 13.3. The molecule has 0 bridgehead atoms. The van der Waals surface area contributed by atoms with Gasteiger partial charge in [0.1, 0.15) is 11.8 Å². The summed E-state index contributed by atoms with van der Waals surface area (Å²) in [6.45, 7) is 2.63. The molecule has 0 saturated heterocycles. The van der Waals surface area contributed by atoms with Crippen molar-refractivity contribution in [1.82, 2.24) is 4.90 Å². The predicted octanol–water partition coefficient (Wildman–Crippen LogP) is 2.69. The molecule has 0 spiro atoms. The van der Waals surface area contributed by atoms with Crippen LogP contribution in [0.1, 0.15) is 38.2 Å². The summed E-state index contributed by atoms with van der Waals surface area (Å²) in [5.74, 6) is -1.43. The van der Waals surface area contributed by atoms with E-state index in [1.165, 1.54) is 11.3 Å². The number of nitrogens with two attached hydrogens (primary N) is 1. The van der Waals surface area contributed by atoms with Crippen LogP contribution in [-0.2, 0) is 35.4 Å². The predicted molar refractivity (Wildman–Crippen MR) is 108 cm³/mol. The Kier molecular flexibility index (Phi) is 6.17. The van der Waals surface area contributed by atoms with Crippen LogP contribution in [0.3, 0.4) is 0 Å². The summed E-state index contributed by atoms with van der Waals surface area (Å²) in [6, 6.07) is 6.48. The number of hydrogen-bond acceptors (Lipinski definition) is 5. The van der Waals surface area contributed by atoms with Crippen LogP contribution in [0.4, 0.5) is 0 Å². The monoisotopic (exact) mass is 420 g/mol. The fourth-order valence-corrected chi connectivity index (χ4v) is 4.99. The van der Waals surface area contributed by atoms with Crippen molar-refractivity contribution in [2.45, 2.75) is 38.8 Å². The molecule has 148 valence electrons. The Hall–Kier alpha value is -2.22. The number of carboxylic acids is 1. The molecule has 0 aliphatic carbocycles. The number of rotatable bonds is 7. The molecule has 3 N–H and O–H groups in total. The van der Waals surface area contributed by atoms with Crippen molar-refractivity contribution >= 4 is 40.6 Å². The van der Waals surface area contributed by atoms with E-state index < -0.39 is 17.9 Å². The molecule has 28 heavy (non-hydrogen) atoms. The third-order valence-corrected chi connectivity index (χ3v) is 6.45. The fraction of sp³-hybridized carbons (Fsp3) is 0.350. The van der Waals surface area contributed by atoms with Crippen LogP contribution >= 0.6 is 22.9 Å². The van der Waals surface area contributed by atoms with Gasteiger partial charge in [-0.15, -0.1) is 11.3 Å². The highest BCUT2D eigenvalue weighted by Crippen LogP contribution is 2.34. The second-order valence-corrected chi connectivity index (χ2v) is 8.55. The van der Waals surface area contributed by atoms with Crippen molar-refractivity contribution in [3.05, 3.63) is 55.7 Å². The van der Waals surface area contributed by atoms with Gasteiger partial charge in [0.25, 0.3) is 0 Å². The van der Waals surface area contributed by atoms with Crippen LogP contribution in [0.15, 0.2) is 24.3 Å². The summed E-state index contributed by atoms with van der Waals surface area (Å²) >= 11 is 7.26. The Morgan fingerprint density at radius 2 is 1.93 bits per heavy atom. The number of aliphatic carboxylic acids is 1. The summed E-state index contributed by atoms with van der Waals surface area (Å²) in [5, 5.41) is 9.85. The largest absolute Gasteiger partial charge is 0.480 e. The quantitative estimate of drug-likeness (QED) is 0.717. The minimum Gasteiger partial charge on any atom is -0.480 e. The maximum Gasteiger partial charge on any atom is 0.320 e. The third-order valence-electron chi connectivity index (χ3n) is 4.98. The second-order valence-electron chi connectivity index (χ2n) is 6.92. The number of benzene rings is 1. The zero-order valence-corrected chi connectivity index (χ0v) is 17.0. The Balaban J connectivity index is 1.80. The van der Waals surface area contributed by atoms with E-state index in [9.17, 15) is 19.5 Å². The van der Waals surface area contributed by atoms with Crippen LogP contribution in [-0.4, -0.2) is 40.3 Å². The average molecular weight is 421 g/mol. The highest BCUT2D eigenvalue weighted by molar-refractivity contribution is 7.12. The molecular weight excluding hydrogens is 400 g/mol. The van der Waals surface area contributed by atoms with Crippen molar-refractivity contribution < 1.29 is 19.5 Å². The van der Waals surface area contributed by atoms with Crippen molar-refractivity contribution in [1.29, 1.82) is 0 Å². The van der Waals surface area contributed by atoms with Crippen molar-refractivity contribution in [2.24, 2.45) is 5.73 Å². The number of amides is 1. The SMILES string of the molecule is CC(C(=O)O)N1CCc2c(sc(CC(=O)Cc3ccc(Cl)cc3)c2C(N)=O)C1. The number of carbonyl (C=O) groups excluding carboxylic acids is 2. The molecule has 0 saturated carbocycles. The topological polar surface area (TPSA) is 101 Å². The van der Waals surface area contributed by atoms with Gasteiger partial charge in [0, 0.05) is 40.7 Å². The lowest BCUT2D eigenvalue weighted by molar-refractivity contribution is -0.143. The molecule has 1 unspecified atom stereocenters. The summed E-state index contributed by atoms with van der Waals surface area (Å²) in [4.78, 5) is 39.3. The Labute approximate surface area is 171 Å². The van der Waals surface area contributed by atoms with Crippen LogP contribution in [0, 0.1) is 0 Å². The number of Topliss-reactive ketones (excluding diaryl/α,β-unsaturated/α-hetero) is 1. The maximum atomic E-state index is 12.5. The van der Waals surface area contributed by atoms with Crippen molar-refractivity contribution in [2.75, 3.05) is 6.54 Å². The number of fused-ring (bicyclic) bond motifs is 1. The molecule has 1 aliphatic rings. The van der Waals surface area contributed by atoms with E-state index in [-0.39, 0.29) is 18.6 Å². The van der Waals surface area contributed by atoms with E-state index in [1.54, 1.807) is 31.2 Å². The normalized spacial score (nSPS) is 15.1. The molecule has 0 fully saturated rings. The van der Waals surface area contributed by atoms with Crippen LogP contribution < -0.4 is 5.73 Å². The molecule has 1 amide bonds. The first-order valence-corrected chi connectivity index (χ1v) is 10.1. The molecule has 2 aromatic rings. The highest BCUT2D eigenvalue weighted by atomic mass is 35.5. The lowest BCUT2D eigenvalue weighted by Crippen LogP contribution is -2.41. The molecule has 0 radical (unpaired) electrons. The van der Waals surface area contributed by atoms with E-state index in [0.29, 0.717) is 35.0 Å². The van der Waals surface area contributed by atoms with E-state index in [0.717, 1.165) is 16.0 Å². The lowest BCUT2D eigenvalue weighted by Gasteiger charge is -2.30. The number of ketones is 1. The molecular formula is C20H21ClN2O4S. The van der Waals surface area contributed by atoms with E-state index in [2.05, 4.69) is 0 Å². The Bertz CT molecular complexity index is 923. The minimum absolute atomic E-state index is 0.0146. The Morgan fingerprint density at radius 1 is 1.25 bits per heavy atom. The number of carbonyl (C=O) groups is 3. The van der Waals surface area contributed by atoms with Crippen molar-refractivity contribution in [3.63, 3.8) is 0 Å². The average Bonchev–Trinajstić information content (AvgIpc) is 2.99. The Morgan fingerprint density at radius 3 is 2.54 bits per heavy atom. The molecule has 2 heterocycles. The van der Waals surface area contributed by atoms with Gasteiger partial charge in [0.05, 0.1) is 5.56 Å². The summed E-state index contributed by atoms with van der Waals surface area (Å²) in [6.07, 6.45) is 0.931. The summed E-state index contributed by atoms with van der Waals surface area (Å²) < 4.78 is 0. The molecule has 1 atom stereocenters. The molecule has 1 aliphatic heterocycles. The number of hydrogen-bond donors (Lipinski definition) is 2. The number of primary amides is 1. The van der Waals surface area contributed by atoms with Gasteiger partial charge in [-0.2, -0.15) is 0 Å². The van der Waals surface area contributed by atoms with Gasteiger partial charge in [-0.1, -0.05) is 23.7 Å². The number of thiophene rings is 1. The van der Waals surface area contributed by atoms with Gasteiger partial charge >= 0.3 is 5.97 Å². The number of carboxylic acid groups (broad SMARTS) is 1. The van der Waals surface area contributed by atoms with E-state index >= 15 is 0 Å². The highest BCUT2D eigenvalue weighted by Gasteiger charge is 2.31. The van der Waals surface area contributed by atoms with Gasteiger partial charge in [-0.25, -0.2) is 0 Å². The lowest BCUT2D eigenvalue weighted by atomic mass is 9.98. The van der Waals surface area contributed by atoms with Crippen LogP contribution in [0.5, 0.6) is 0 Å². The van der Waals surface area contributed by atoms with Gasteiger partial charge < -0.3 is 10.8 Å². The third kappa shape index (κ3) is 4.43. The summed E-state index contributed by atoms with van der Waals surface area (Å²) in [5.41, 5.74) is 7.76. The molecule has 1 aromatic heterocycles. The smallest absolute Gasteiger partial charge is 0.320 e. The van der Waals surface area contributed by atoms with Gasteiger partial charge in [0.2, 0.25) is 5.91 Å². The van der Waals surface area contributed by atoms with Crippen molar-refractivity contribution in [3.8, 4) is 0 Å². The zero-order valence-electron chi connectivity index (χ0n) is 15.4. The van der Waals surface area contributed by atoms with E-state index in [4.69, 9.17) is 17.3 Å². The summed E-state index contributed by atoms with van der Waals surface area (Å²) in [7, 11) is 0. The first kappa shape index (κ1) is 20.5. The van der Waals surface area contributed by atoms with Gasteiger partial charge in [0.15, 0.2) is 0 Å². The molecule has 6 nitrogen and oxygen atoms in total. The standard InChI is InChI=1S/C20H21ClN2O4S/c1-11(20(26)27)23-7-6-15-17(10-23)28-16(18(15)19(22)25)9-14(24)8-12-2-4-13(21)5-3-12/h2-5,11H,6-10H2,1H3,(H2,22,25)(H,26,27). The van der Waals surface area contributed by atoms with Gasteiger partial charge in [-0.3, -0.25) is 19.3 Å². The molecule has 8 heteroatoms. The number of nitrogens with zero attached hydrogens (tertiary/aromatic N) is 1. The van der Waals surface area contributed by atoms with E-state index in [1.807, 2.05) is 4.90 Å². The molecule has 3 rings (SSSR count). The maximum absolute atomic E-state index is 12.5. The van der Waals surface area contributed by atoms with Gasteiger partial charge in [-0.05, 0) is 36.6 Å². The second kappa shape index (κ2) is 8.43. The zero-order chi connectivity index (χ0) is 20.4.